The molecule has 0 unspecified atom stereocenters. The number of benzene rings is 1. The lowest BCUT2D eigenvalue weighted by atomic mass is 10.1. The van der Waals surface area contributed by atoms with E-state index >= 15 is 0 Å². The third-order valence-electron chi connectivity index (χ3n) is 5.67. The van der Waals surface area contributed by atoms with Crippen LogP contribution < -0.4 is 15.5 Å². The van der Waals surface area contributed by atoms with Crippen molar-refractivity contribution in [2.75, 3.05) is 40.0 Å². The molecule has 0 amide bonds. The van der Waals surface area contributed by atoms with Crippen LogP contribution in [-0.4, -0.2) is 63.5 Å². The minimum absolute atomic E-state index is 0.222. The summed E-state index contributed by atoms with van der Waals surface area (Å²) >= 11 is 0. The first-order chi connectivity index (χ1) is 15.8. The van der Waals surface area contributed by atoms with Gasteiger partial charge in [-0.05, 0) is 30.5 Å². The number of hydrogen-bond acceptors (Lipinski definition) is 8. The van der Waals surface area contributed by atoms with Gasteiger partial charge in [-0.1, -0.05) is 27.2 Å². The molecule has 33 heavy (non-hydrogen) atoms. The lowest BCUT2D eigenvalue weighted by Gasteiger charge is -2.27. The molecule has 0 saturated carbocycles. The molecule has 4 rings (SSSR count). The van der Waals surface area contributed by atoms with Crippen molar-refractivity contribution in [3.63, 3.8) is 0 Å². The average molecular weight is 476 g/mol. The maximum Gasteiger partial charge on any atom is 0.243 e. The van der Waals surface area contributed by atoms with E-state index in [2.05, 4.69) is 36.5 Å². The van der Waals surface area contributed by atoms with Crippen molar-refractivity contribution in [2.24, 2.45) is 10.9 Å². The number of amidine groups is 1. The number of nitrogens with one attached hydrogen (secondary N) is 2. The Hall–Kier alpha value is -2.56. The smallest absolute Gasteiger partial charge is 0.243 e. The number of allylic oxidation sites excluding steroid dienone is 1. The lowest BCUT2D eigenvalue weighted by Crippen LogP contribution is -2.40. The monoisotopic (exact) mass is 475 g/mol. The molecule has 3 aliphatic heterocycles. The van der Waals surface area contributed by atoms with Crippen LogP contribution in [0.1, 0.15) is 39.2 Å². The summed E-state index contributed by atoms with van der Waals surface area (Å²) in [5.41, 5.74) is 6.98. The summed E-state index contributed by atoms with van der Waals surface area (Å²) in [7, 11) is -1.70. The number of hydrogen-bond donors (Lipinski definition) is 2. The van der Waals surface area contributed by atoms with Gasteiger partial charge in [0.15, 0.2) is 0 Å². The first-order valence-electron chi connectivity index (χ1n) is 11.4. The number of ether oxygens (including phenoxy) is 2. The van der Waals surface area contributed by atoms with Gasteiger partial charge >= 0.3 is 0 Å². The molecule has 0 aromatic heterocycles. The number of aliphatic imine (C=N–C) groups is 1. The van der Waals surface area contributed by atoms with Crippen molar-refractivity contribution in [3.05, 3.63) is 47.1 Å². The average Bonchev–Trinajstić information content (AvgIpc) is 3.13. The first-order valence-corrected chi connectivity index (χ1v) is 12.9. The Balaban J connectivity index is 1.74. The molecule has 1 aromatic carbocycles. The number of hydrazine groups is 1. The molecule has 10 heteroatoms. The molecule has 0 bridgehead atoms. The summed E-state index contributed by atoms with van der Waals surface area (Å²) in [6.45, 7) is 8.29. The first kappa shape index (κ1) is 23.6. The zero-order valence-electron chi connectivity index (χ0n) is 19.7. The minimum atomic E-state index is -3.65. The number of nitrogens with zero attached hydrogens (tertiary/aromatic N) is 3. The Kier molecular flexibility index (Phi) is 6.96. The highest BCUT2D eigenvalue weighted by molar-refractivity contribution is 7.89. The van der Waals surface area contributed by atoms with Gasteiger partial charge in [0.25, 0.3) is 0 Å². The Bertz CT molecular complexity index is 1090. The molecule has 3 aliphatic rings. The van der Waals surface area contributed by atoms with E-state index in [1.54, 1.807) is 24.4 Å². The molecule has 1 aromatic rings. The van der Waals surface area contributed by atoms with Gasteiger partial charge in [0.2, 0.25) is 10.0 Å². The number of fused-ring (bicyclic) bond motifs is 1. The zero-order valence-corrected chi connectivity index (χ0v) is 20.5. The van der Waals surface area contributed by atoms with Gasteiger partial charge in [0, 0.05) is 20.1 Å². The highest BCUT2D eigenvalue weighted by atomic mass is 32.2. The van der Waals surface area contributed by atoms with Crippen molar-refractivity contribution in [3.8, 4) is 5.75 Å². The van der Waals surface area contributed by atoms with E-state index in [0.29, 0.717) is 56.0 Å². The molecule has 0 spiro atoms. The Morgan fingerprint density at radius 1 is 1.24 bits per heavy atom. The zero-order chi connectivity index (χ0) is 23.6. The third-order valence-corrected chi connectivity index (χ3v) is 7.56. The van der Waals surface area contributed by atoms with Crippen LogP contribution in [0.5, 0.6) is 5.75 Å². The van der Waals surface area contributed by atoms with Crippen LogP contribution in [0, 0.1) is 5.92 Å². The van der Waals surface area contributed by atoms with Crippen LogP contribution in [0.4, 0.5) is 0 Å². The molecule has 0 atom stereocenters. The van der Waals surface area contributed by atoms with Gasteiger partial charge in [-0.3, -0.25) is 5.01 Å². The van der Waals surface area contributed by atoms with Gasteiger partial charge in [0.1, 0.15) is 17.3 Å². The van der Waals surface area contributed by atoms with Gasteiger partial charge in [-0.25, -0.2) is 13.4 Å². The maximum atomic E-state index is 13.3. The van der Waals surface area contributed by atoms with Crippen molar-refractivity contribution < 1.29 is 17.9 Å². The Morgan fingerprint density at radius 3 is 2.70 bits per heavy atom. The SMILES string of the molecule is CCCC1=C2NC(c3cc(S(=O)(=O)N4CCOCC4)ccc3OCC(C)C)=NC=C2N(C)N1. The number of morpholine rings is 1. The number of likely N-dealkylation sites (N-methyl/N-ethyl adjacent to an activating group) is 1. The molecule has 180 valence electrons. The summed E-state index contributed by atoms with van der Waals surface area (Å²) in [5, 5.41) is 5.37. The summed E-state index contributed by atoms with van der Waals surface area (Å²) in [6, 6.07) is 5.01. The summed E-state index contributed by atoms with van der Waals surface area (Å²) in [6.07, 6.45) is 3.68. The predicted molar refractivity (Wildman–Crippen MR) is 127 cm³/mol. The van der Waals surface area contributed by atoms with E-state index < -0.39 is 10.0 Å². The molecule has 1 fully saturated rings. The Morgan fingerprint density at radius 2 is 2.00 bits per heavy atom. The van der Waals surface area contributed by atoms with Crippen molar-refractivity contribution >= 4 is 15.9 Å². The molecule has 2 N–H and O–H groups in total. The summed E-state index contributed by atoms with van der Waals surface area (Å²) < 4.78 is 39.4. The third kappa shape index (κ3) is 4.87. The van der Waals surface area contributed by atoms with E-state index in [9.17, 15) is 8.42 Å². The van der Waals surface area contributed by atoms with E-state index in [1.807, 2.05) is 12.1 Å². The van der Waals surface area contributed by atoms with Gasteiger partial charge in [-0.15, -0.1) is 0 Å². The Labute approximate surface area is 196 Å². The minimum Gasteiger partial charge on any atom is -0.493 e. The lowest BCUT2D eigenvalue weighted by molar-refractivity contribution is 0.0730. The predicted octanol–water partition coefficient (Wildman–Crippen LogP) is 2.40. The molecule has 3 heterocycles. The molecular weight excluding hydrogens is 442 g/mol. The largest absolute Gasteiger partial charge is 0.493 e. The standard InChI is InChI=1S/C23H33N5O4S/c1-5-6-19-22-20(27(4)26-19)14-24-23(25-22)18-13-17(7-8-21(18)32-15-16(2)3)33(29,30)28-9-11-31-12-10-28/h7-8,13-14,16,26H,5-6,9-12,15H2,1-4H3,(H,24,25). The highest BCUT2D eigenvalue weighted by Crippen LogP contribution is 2.31. The maximum absolute atomic E-state index is 13.3. The van der Waals surface area contributed by atoms with Crippen LogP contribution in [0.3, 0.4) is 0 Å². The van der Waals surface area contributed by atoms with Gasteiger partial charge in [0.05, 0.1) is 47.9 Å². The second-order valence-corrected chi connectivity index (χ2v) is 10.7. The highest BCUT2D eigenvalue weighted by Gasteiger charge is 2.31. The van der Waals surface area contributed by atoms with Gasteiger partial charge in [-0.2, -0.15) is 4.31 Å². The van der Waals surface area contributed by atoms with Crippen molar-refractivity contribution in [2.45, 2.75) is 38.5 Å². The van der Waals surface area contributed by atoms with Gasteiger partial charge < -0.3 is 20.2 Å². The summed E-state index contributed by atoms with van der Waals surface area (Å²) in [4.78, 5) is 4.85. The van der Waals surface area contributed by atoms with E-state index in [1.165, 1.54) is 4.31 Å². The number of rotatable bonds is 8. The molecular formula is C23H33N5O4S. The molecule has 9 nitrogen and oxygen atoms in total. The van der Waals surface area contributed by atoms with Crippen LogP contribution >= 0.6 is 0 Å². The quantitative estimate of drug-likeness (QED) is 0.596. The topological polar surface area (TPSA) is 95.5 Å². The fourth-order valence-electron chi connectivity index (χ4n) is 3.95. The second kappa shape index (κ2) is 9.74. The molecule has 0 aliphatic carbocycles. The molecule has 1 saturated heterocycles. The van der Waals surface area contributed by atoms with E-state index in [-0.39, 0.29) is 4.90 Å². The van der Waals surface area contributed by atoms with Crippen LogP contribution in [0.15, 0.2) is 51.4 Å². The normalized spacial score (nSPS) is 19.1. The van der Waals surface area contributed by atoms with Crippen molar-refractivity contribution in [1.29, 1.82) is 0 Å². The fourth-order valence-corrected chi connectivity index (χ4v) is 5.38. The van der Waals surface area contributed by atoms with Crippen LogP contribution in [0.2, 0.25) is 0 Å². The second-order valence-electron chi connectivity index (χ2n) is 8.77. The van der Waals surface area contributed by atoms with Crippen LogP contribution in [-0.2, 0) is 14.8 Å². The number of sulfonamides is 1. The summed E-state index contributed by atoms with van der Waals surface area (Å²) in [5.74, 6) is 1.50. The van der Waals surface area contributed by atoms with E-state index in [0.717, 1.165) is 29.9 Å². The van der Waals surface area contributed by atoms with Crippen molar-refractivity contribution in [1.82, 2.24) is 20.1 Å². The fraction of sp³-hybridized carbons (Fsp3) is 0.522. The molecule has 0 radical (unpaired) electrons. The van der Waals surface area contributed by atoms with E-state index in [4.69, 9.17) is 9.47 Å². The van der Waals surface area contributed by atoms with Crippen LogP contribution in [0.25, 0.3) is 0 Å².